The molecule has 0 aromatic rings. The summed E-state index contributed by atoms with van der Waals surface area (Å²) in [5, 5.41) is 3.51. The first-order valence-corrected chi connectivity index (χ1v) is 7.47. The smallest absolute Gasteiger partial charge is 0.0706 e. The Labute approximate surface area is 111 Å². The molecule has 18 heavy (non-hydrogen) atoms. The molecule has 106 valence electrons. The summed E-state index contributed by atoms with van der Waals surface area (Å²) >= 11 is 0. The van der Waals surface area contributed by atoms with E-state index in [9.17, 15) is 0 Å². The Morgan fingerprint density at radius 3 is 2.94 bits per heavy atom. The number of nitrogens with one attached hydrogen (secondary N) is 1. The van der Waals surface area contributed by atoms with Gasteiger partial charge in [0.05, 0.1) is 25.4 Å². The normalized spacial score (nSPS) is 34.0. The second-order valence-corrected chi connectivity index (χ2v) is 5.57. The van der Waals surface area contributed by atoms with Gasteiger partial charge in [-0.05, 0) is 32.7 Å². The Hall–Kier alpha value is -0.160. The second-order valence-electron chi connectivity index (χ2n) is 5.57. The van der Waals surface area contributed by atoms with Gasteiger partial charge in [-0.15, -0.1) is 0 Å². The van der Waals surface area contributed by atoms with Gasteiger partial charge < -0.3 is 14.8 Å². The van der Waals surface area contributed by atoms with Gasteiger partial charge in [-0.2, -0.15) is 0 Å². The van der Waals surface area contributed by atoms with Crippen molar-refractivity contribution >= 4 is 0 Å². The summed E-state index contributed by atoms with van der Waals surface area (Å²) < 4.78 is 11.5. The van der Waals surface area contributed by atoms with E-state index in [1.807, 2.05) is 0 Å². The lowest BCUT2D eigenvalue weighted by atomic mass is 10.1. The molecule has 0 saturated carbocycles. The van der Waals surface area contributed by atoms with E-state index >= 15 is 0 Å². The van der Waals surface area contributed by atoms with Gasteiger partial charge in [-0.1, -0.05) is 6.92 Å². The van der Waals surface area contributed by atoms with Gasteiger partial charge in [0, 0.05) is 25.7 Å². The lowest BCUT2D eigenvalue weighted by molar-refractivity contribution is -0.0380. The highest BCUT2D eigenvalue weighted by atomic mass is 16.5. The molecule has 0 amide bonds. The zero-order valence-corrected chi connectivity index (χ0v) is 11.9. The van der Waals surface area contributed by atoms with Crippen LogP contribution in [0.1, 0.15) is 33.1 Å². The van der Waals surface area contributed by atoms with Crippen molar-refractivity contribution in [1.82, 2.24) is 10.2 Å². The molecule has 1 N–H and O–H groups in total. The van der Waals surface area contributed by atoms with Gasteiger partial charge in [0.1, 0.15) is 0 Å². The molecule has 0 aliphatic carbocycles. The van der Waals surface area contributed by atoms with Gasteiger partial charge >= 0.3 is 0 Å². The molecule has 0 bridgehead atoms. The summed E-state index contributed by atoms with van der Waals surface area (Å²) in [4.78, 5) is 2.55. The van der Waals surface area contributed by atoms with Crippen molar-refractivity contribution in [2.75, 3.05) is 39.4 Å². The van der Waals surface area contributed by atoms with Crippen LogP contribution in [-0.2, 0) is 9.47 Å². The van der Waals surface area contributed by atoms with Crippen LogP contribution in [0.3, 0.4) is 0 Å². The maximum absolute atomic E-state index is 5.94. The zero-order valence-electron chi connectivity index (χ0n) is 11.9. The Morgan fingerprint density at radius 2 is 2.22 bits per heavy atom. The van der Waals surface area contributed by atoms with Gasteiger partial charge in [0.25, 0.3) is 0 Å². The van der Waals surface area contributed by atoms with Gasteiger partial charge in [-0.25, -0.2) is 0 Å². The molecule has 2 heterocycles. The van der Waals surface area contributed by atoms with E-state index < -0.39 is 0 Å². The van der Waals surface area contributed by atoms with Gasteiger partial charge in [-0.3, -0.25) is 4.90 Å². The van der Waals surface area contributed by atoms with Crippen LogP contribution in [-0.4, -0.2) is 62.5 Å². The summed E-state index contributed by atoms with van der Waals surface area (Å²) in [5.74, 6) is 0. The molecule has 2 saturated heterocycles. The summed E-state index contributed by atoms with van der Waals surface area (Å²) in [5.41, 5.74) is 0. The Kier molecular flexibility index (Phi) is 5.89. The van der Waals surface area contributed by atoms with Crippen LogP contribution < -0.4 is 5.32 Å². The average Bonchev–Trinajstić information content (AvgIpc) is 2.77. The Balaban J connectivity index is 1.76. The molecule has 0 spiro atoms. The highest BCUT2D eigenvalue weighted by molar-refractivity contribution is 4.82. The predicted molar refractivity (Wildman–Crippen MR) is 72.9 cm³/mol. The maximum Gasteiger partial charge on any atom is 0.0706 e. The fourth-order valence-electron chi connectivity index (χ4n) is 2.84. The van der Waals surface area contributed by atoms with Crippen molar-refractivity contribution in [3.8, 4) is 0 Å². The summed E-state index contributed by atoms with van der Waals surface area (Å²) in [6.07, 6.45) is 4.51. The molecule has 2 fully saturated rings. The molecular formula is C14H28N2O2. The number of rotatable bonds is 6. The molecule has 0 aromatic heterocycles. The monoisotopic (exact) mass is 256 g/mol. The summed E-state index contributed by atoms with van der Waals surface area (Å²) in [7, 11) is 0. The van der Waals surface area contributed by atoms with E-state index in [0.29, 0.717) is 18.2 Å². The van der Waals surface area contributed by atoms with E-state index in [-0.39, 0.29) is 0 Å². The minimum Gasteiger partial charge on any atom is -0.378 e. The molecule has 4 nitrogen and oxygen atoms in total. The lowest BCUT2D eigenvalue weighted by Crippen LogP contribution is -2.52. The summed E-state index contributed by atoms with van der Waals surface area (Å²) in [6, 6.07) is 0.518. The van der Waals surface area contributed by atoms with E-state index in [0.717, 1.165) is 39.4 Å². The maximum atomic E-state index is 5.94. The van der Waals surface area contributed by atoms with Crippen LogP contribution in [0.2, 0.25) is 0 Å². The summed E-state index contributed by atoms with van der Waals surface area (Å²) in [6.45, 7) is 10.4. The van der Waals surface area contributed by atoms with Crippen molar-refractivity contribution < 1.29 is 9.47 Å². The fraction of sp³-hybridized carbons (Fsp3) is 1.00. The molecule has 3 unspecified atom stereocenters. The molecular weight excluding hydrogens is 228 g/mol. The largest absolute Gasteiger partial charge is 0.378 e. The number of morpholine rings is 1. The van der Waals surface area contributed by atoms with Crippen LogP contribution in [0.15, 0.2) is 0 Å². The van der Waals surface area contributed by atoms with Crippen molar-refractivity contribution in [2.24, 2.45) is 0 Å². The first-order chi connectivity index (χ1) is 8.79. The average molecular weight is 256 g/mol. The predicted octanol–water partition coefficient (Wildman–Crippen LogP) is 1.25. The number of ether oxygens (including phenoxy) is 2. The van der Waals surface area contributed by atoms with Gasteiger partial charge in [0.2, 0.25) is 0 Å². The number of nitrogens with zero attached hydrogens (tertiary/aromatic N) is 1. The van der Waals surface area contributed by atoms with E-state index in [2.05, 4.69) is 24.1 Å². The van der Waals surface area contributed by atoms with Crippen LogP contribution in [0.5, 0.6) is 0 Å². The van der Waals surface area contributed by atoms with Crippen molar-refractivity contribution in [1.29, 1.82) is 0 Å². The van der Waals surface area contributed by atoms with Crippen LogP contribution in [0, 0.1) is 0 Å². The molecule has 4 heteroatoms. The van der Waals surface area contributed by atoms with E-state index in [4.69, 9.17) is 9.47 Å². The zero-order chi connectivity index (χ0) is 12.8. The third kappa shape index (κ3) is 4.19. The Morgan fingerprint density at radius 1 is 1.33 bits per heavy atom. The third-order valence-electron chi connectivity index (χ3n) is 3.91. The standard InChI is InChI=1S/C14H28N2O2/c1-3-6-15-9-13-11-17-8-7-16(13)10-14-5-4-12(2)18-14/h12-15H,3-11H2,1-2H3. The Bertz CT molecular complexity index is 238. The topological polar surface area (TPSA) is 33.7 Å². The lowest BCUT2D eigenvalue weighted by Gasteiger charge is -2.37. The van der Waals surface area contributed by atoms with Crippen LogP contribution in [0.25, 0.3) is 0 Å². The van der Waals surface area contributed by atoms with Crippen molar-refractivity contribution in [3.63, 3.8) is 0 Å². The minimum absolute atomic E-state index is 0.437. The molecule has 2 aliphatic rings. The SMILES string of the molecule is CCCNCC1COCCN1CC1CCC(C)O1. The molecule has 0 aromatic carbocycles. The fourth-order valence-corrected chi connectivity index (χ4v) is 2.84. The molecule has 3 atom stereocenters. The number of hydrogen-bond acceptors (Lipinski definition) is 4. The molecule has 2 rings (SSSR count). The first-order valence-electron chi connectivity index (χ1n) is 7.47. The number of hydrogen-bond donors (Lipinski definition) is 1. The van der Waals surface area contributed by atoms with E-state index in [1.165, 1.54) is 19.3 Å². The highest BCUT2D eigenvalue weighted by Gasteiger charge is 2.29. The van der Waals surface area contributed by atoms with Crippen molar-refractivity contribution in [3.05, 3.63) is 0 Å². The van der Waals surface area contributed by atoms with Crippen molar-refractivity contribution in [2.45, 2.75) is 51.4 Å². The minimum atomic E-state index is 0.437. The molecule has 0 radical (unpaired) electrons. The second kappa shape index (κ2) is 7.43. The van der Waals surface area contributed by atoms with Crippen LogP contribution in [0.4, 0.5) is 0 Å². The first kappa shape index (κ1) is 14.3. The van der Waals surface area contributed by atoms with E-state index in [1.54, 1.807) is 0 Å². The van der Waals surface area contributed by atoms with Gasteiger partial charge in [0.15, 0.2) is 0 Å². The molecule has 2 aliphatic heterocycles. The third-order valence-corrected chi connectivity index (χ3v) is 3.91. The highest BCUT2D eigenvalue weighted by Crippen LogP contribution is 2.21. The van der Waals surface area contributed by atoms with Crippen LogP contribution >= 0.6 is 0 Å². The quantitative estimate of drug-likeness (QED) is 0.725.